The molecule has 2 amide bonds. The predicted octanol–water partition coefficient (Wildman–Crippen LogP) is 10.0. The zero-order valence-corrected chi connectivity index (χ0v) is 31.7. The van der Waals surface area contributed by atoms with Crippen LogP contribution in [0.3, 0.4) is 0 Å². The van der Waals surface area contributed by atoms with Crippen molar-refractivity contribution in [3.63, 3.8) is 0 Å². The number of carbonyl (C=O) groups excluding carboxylic acids is 2. The van der Waals surface area contributed by atoms with E-state index in [4.69, 9.17) is 4.74 Å². The smallest absolute Gasteiger partial charge is 0.407 e. The number of amides is 2. The first-order chi connectivity index (χ1) is 27.3. The Morgan fingerprint density at radius 1 is 0.786 bits per heavy atom. The summed E-state index contributed by atoms with van der Waals surface area (Å²) in [6.07, 6.45) is 3.38. The van der Waals surface area contributed by atoms with Crippen molar-refractivity contribution in [1.29, 1.82) is 0 Å². The molecule has 56 heavy (non-hydrogen) atoms. The number of hydrogen-bond donors (Lipinski definition) is 4. The van der Waals surface area contributed by atoms with Gasteiger partial charge in [0.1, 0.15) is 12.6 Å². The van der Waals surface area contributed by atoms with Gasteiger partial charge in [-0.05, 0) is 69.6 Å². The van der Waals surface area contributed by atoms with Crippen LogP contribution in [-0.2, 0) is 16.0 Å². The van der Waals surface area contributed by atoms with E-state index in [2.05, 4.69) is 101 Å². The number of nitrogens with one attached hydrogen (secondary N) is 4. The molecule has 1 unspecified atom stereocenters. The topological polar surface area (TPSA) is 95.3 Å². The number of alkyl carbamates (subject to hydrolysis) is 1. The lowest BCUT2D eigenvalue weighted by molar-refractivity contribution is -0.122. The van der Waals surface area contributed by atoms with Crippen LogP contribution in [0.1, 0.15) is 40.7 Å². The summed E-state index contributed by atoms with van der Waals surface area (Å²) in [4.78, 5) is 30.0. The van der Waals surface area contributed by atoms with E-state index >= 15 is 0 Å². The van der Waals surface area contributed by atoms with Crippen molar-refractivity contribution in [1.82, 2.24) is 20.9 Å². The Labute approximate surface area is 328 Å². The average molecular weight is 739 g/mol. The number of carbonyl (C=O) groups is 2. The van der Waals surface area contributed by atoms with Crippen LogP contribution < -0.4 is 16.0 Å². The molecule has 0 aliphatic heterocycles. The first kappa shape index (κ1) is 37.5. The molecule has 7 aromatic rings. The predicted molar refractivity (Wildman–Crippen MR) is 228 cm³/mol. The molecule has 1 aromatic heterocycles. The normalized spacial score (nSPS) is 12.5. The standard InChI is InChI=1S/C38H36N4O3.C11H10/c1-25(27-12-4-3-5-13-27)21-39-26(2)22-41-37(43)36(20-28-23-40-35-19-11-10-14-29(28)35)42-38(44)45-24-34-32-17-8-6-15-30(32)31-16-7-9-18-33(31)34;1-9-6-7-10-4-2-3-5-11(10)8-9/h3-19,21,23,34,36,39-40H,2,20,22,24H2,1H3,(H,41,43)(H,42,44);2-8H,1H3/b25-21+;. The first-order valence-corrected chi connectivity index (χ1v) is 18.9. The summed E-state index contributed by atoms with van der Waals surface area (Å²) in [7, 11) is 0. The average Bonchev–Trinajstić information content (AvgIpc) is 3.79. The number of allylic oxidation sites excluding steroid dienone is 1. The Kier molecular flexibility index (Phi) is 11.7. The van der Waals surface area contributed by atoms with E-state index in [9.17, 15) is 9.59 Å². The largest absolute Gasteiger partial charge is 0.449 e. The molecule has 0 saturated carbocycles. The fourth-order valence-electron chi connectivity index (χ4n) is 7.18. The number of aromatic nitrogens is 1. The minimum absolute atomic E-state index is 0.0779. The number of aromatic amines is 1. The highest BCUT2D eigenvalue weighted by Crippen LogP contribution is 2.44. The van der Waals surface area contributed by atoms with Crippen LogP contribution in [0.15, 0.2) is 170 Å². The van der Waals surface area contributed by atoms with Gasteiger partial charge in [0.15, 0.2) is 0 Å². The van der Waals surface area contributed by atoms with Crippen LogP contribution >= 0.6 is 0 Å². The van der Waals surface area contributed by atoms with Gasteiger partial charge in [-0.3, -0.25) is 4.79 Å². The molecule has 1 atom stereocenters. The fraction of sp³-hybridized carbons (Fsp3) is 0.143. The zero-order valence-electron chi connectivity index (χ0n) is 31.7. The van der Waals surface area contributed by atoms with Crippen LogP contribution in [0.2, 0.25) is 0 Å². The number of rotatable bonds is 11. The van der Waals surface area contributed by atoms with Gasteiger partial charge in [-0.2, -0.15) is 0 Å². The van der Waals surface area contributed by atoms with E-state index in [1.807, 2.05) is 98.2 Å². The summed E-state index contributed by atoms with van der Waals surface area (Å²) in [5.41, 5.74) is 10.5. The van der Waals surface area contributed by atoms with E-state index in [-0.39, 0.29) is 31.4 Å². The molecule has 1 heterocycles. The number of benzene rings is 6. The minimum atomic E-state index is -0.866. The maximum Gasteiger partial charge on any atom is 0.407 e. The fourth-order valence-corrected chi connectivity index (χ4v) is 7.18. The Hall–Kier alpha value is -6.86. The Balaban J connectivity index is 0.000000373. The van der Waals surface area contributed by atoms with Crippen LogP contribution in [0, 0.1) is 6.92 Å². The molecule has 0 fully saturated rings. The molecule has 8 rings (SSSR count). The van der Waals surface area contributed by atoms with Gasteiger partial charge in [-0.1, -0.05) is 152 Å². The van der Waals surface area contributed by atoms with Gasteiger partial charge in [0.25, 0.3) is 0 Å². The third kappa shape index (κ3) is 8.91. The highest BCUT2D eigenvalue weighted by Gasteiger charge is 2.30. The molecule has 0 bridgehead atoms. The molecule has 1 aliphatic carbocycles. The summed E-state index contributed by atoms with van der Waals surface area (Å²) >= 11 is 0. The van der Waals surface area contributed by atoms with Crippen LogP contribution in [-0.4, -0.2) is 36.2 Å². The van der Waals surface area contributed by atoms with E-state index in [1.54, 1.807) is 0 Å². The van der Waals surface area contributed by atoms with Gasteiger partial charge in [0, 0.05) is 41.3 Å². The van der Waals surface area contributed by atoms with Crippen LogP contribution in [0.25, 0.3) is 38.4 Å². The van der Waals surface area contributed by atoms with E-state index < -0.39 is 12.1 Å². The maximum absolute atomic E-state index is 13.5. The summed E-state index contributed by atoms with van der Waals surface area (Å²) in [5, 5.41) is 12.6. The van der Waals surface area contributed by atoms with Crippen molar-refractivity contribution in [2.24, 2.45) is 0 Å². The third-order valence-corrected chi connectivity index (χ3v) is 10.2. The molecule has 0 spiro atoms. The lowest BCUT2D eigenvalue weighted by atomic mass is 9.98. The van der Waals surface area contributed by atoms with E-state index in [0.29, 0.717) is 5.70 Å². The molecule has 7 heteroatoms. The van der Waals surface area contributed by atoms with E-state index in [0.717, 1.165) is 49.9 Å². The van der Waals surface area contributed by atoms with Crippen molar-refractivity contribution in [3.05, 3.63) is 198 Å². The molecule has 1 aliphatic rings. The summed E-state index contributed by atoms with van der Waals surface area (Å²) in [6, 6.07) is 48.3. The molecule has 6 aromatic carbocycles. The molecular weight excluding hydrogens is 693 g/mol. The molecule has 0 radical (unpaired) electrons. The molecule has 280 valence electrons. The Morgan fingerprint density at radius 2 is 1.43 bits per heavy atom. The SMILES string of the molecule is C=C(CNC(=O)C(Cc1c[nH]c2ccccc12)NC(=O)OCC1c2ccccc2-c2ccccc21)N/C=C(\C)c1ccccc1.Cc1ccc2ccccc2c1. The Morgan fingerprint density at radius 3 is 2.18 bits per heavy atom. The summed E-state index contributed by atoms with van der Waals surface area (Å²) in [6.45, 7) is 8.52. The van der Waals surface area contributed by atoms with E-state index in [1.165, 1.54) is 16.3 Å². The van der Waals surface area contributed by atoms with Gasteiger partial charge in [-0.15, -0.1) is 0 Å². The Bertz CT molecular complexity index is 2470. The highest BCUT2D eigenvalue weighted by atomic mass is 16.5. The van der Waals surface area contributed by atoms with Gasteiger partial charge in [0.05, 0.1) is 6.54 Å². The number of para-hydroxylation sites is 1. The third-order valence-electron chi connectivity index (χ3n) is 10.2. The van der Waals surface area contributed by atoms with Crippen LogP contribution in [0.5, 0.6) is 0 Å². The summed E-state index contributed by atoms with van der Waals surface area (Å²) in [5.74, 6) is -0.411. The van der Waals surface area contributed by atoms with Crippen molar-refractivity contribution in [2.75, 3.05) is 13.2 Å². The lowest BCUT2D eigenvalue weighted by Crippen LogP contribution is -2.49. The quantitative estimate of drug-likeness (QED) is 0.106. The highest BCUT2D eigenvalue weighted by molar-refractivity contribution is 5.89. The maximum atomic E-state index is 13.5. The van der Waals surface area contributed by atoms with Crippen molar-refractivity contribution < 1.29 is 14.3 Å². The molecule has 7 nitrogen and oxygen atoms in total. The van der Waals surface area contributed by atoms with Crippen molar-refractivity contribution in [3.8, 4) is 11.1 Å². The lowest BCUT2D eigenvalue weighted by Gasteiger charge is -2.20. The first-order valence-electron chi connectivity index (χ1n) is 18.9. The molecule has 4 N–H and O–H groups in total. The van der Waals surface area contributed by atoms with Gasteiger partial charge in [-0.25, -0.2) is 4.79 Å². The number of hydrogen-bond acceptors (Lipinski definition) is 4. The second kappa shape index (κ2) is 17.5. The second-order valence-corrected chi connectivity index (χ2v) is 14.1. The van der Waals surface area contributed by atoms with Crippen LogP contribution in [0.4, 0.5) is 4.79 Å². The number of aryl methyl sites for hydroxylation is 1. The number of H-pyrrole nitrogens is 1. The second-order valence-electron chi connectivity index (χ2n) is 14.1. The number of ether oxygens (including phenoxy) is 1. The van der Waals surface area contributed by atoms with Crippen molar-refractivity contribution >= 4 is 39.2 Å². The number of fused-ring (bicyclic) bond motifs is 5. The summed E-state index contributed by atoms with van der Waals surface area (Å²) < 4.78 is 5.78. The van der Waals surface area contributed by atoms with Gasteiger partial charge < -0.3 is 25.7 Å². The minimum Gasteiger partial charge on any atom is -0.449 e. The molecule has 0 saturated heterocycles. The monoisotopic (exact) mass is 738 g/mol. The zero-order chi connectivity index (χ0) is 38.9. The molecular formula is C49H46N4O3. The van der Waals surface area contributed by atoms with Gasteiger partial charge in [0.2, 0.25) is 5.91 Å². The van der Waals surface area contributed by atoms with Crippen molar-refractivity contribution in [2.45, 2.75) is 32.2 Å². The van der Waals surface area contributed by atoms with Gasteiger partial charge >= 0.3 is 6.09 Å².